The first kappa shape index (κ1) is 12.4. The number of fused-ring (bicyclic) bond motifs is 1. The third kappa shape index (κ3) is 1.86. The Kier molecular flexibility index (Phi) is 2.79. The molecule has 102 valence electrons. The highest BCUT2D eigenvalue weighted by Crippen LogP contribution is 2.39. The smallest absolute Gasteiger partial charge is 0.142 e. The fraction of sp³-hybridized carbons (Fsp3) is 0.125. The number of phenols is 2. The minimum atomic E-state index is -0.0147. The number of benzene rings is 2. The van der Waals surface area contributed by atoms with Gasteiger partial charge in [0.1, 0.15) is 28.6 Å². The van der Waals surface area contributed by atoms with E-state index in [0.29, 0.717) is 22.7 Å². The van der Waals surface area contributed by atoms with Gasteiger partial charge in [0.2, 0.25) is 0 Å². The molecule has 0 unspecified atom stereocenters. The fourth-order valence-corrected chi connectivity index (χ4v) is 2.30. The summed E-state index contributed by atoms with van der Waals surface area (Å²) in [6.45, 7) is 1.93. The van der Waals surface area contributed by atoms with Crippen molar-refractivity contribution in [3.05, 3.63) is 42.0 Å². The second-order valence-electron chi connectivity index (χ2n) is 4.62. The number of hydrogen-bond acceptors (Lipinski definition) is 4. The highest BCUT2D eigenvalue weighted by molar-refractivity contribution is 5.89. The van der Waals surface area contributed by atoms with Gasteiger partial charge in [-0.05, 0) is 31.2 Å². The van der Waals surface area contributed by atoms with E-state index in [0.717, 1.165) is 10.9 Å². The number of aromatic hydroxyl groups is 2. The Morgan fingerprint density at radius 3 is 2.55 bits per heavy atom. The molecule has 2 aromatic carbocycles. The van der Waals surface area contributed by atoms with Gasteiger partial charge in [-0.25, -0.2) is 0 Å². The first-order valence-corrected chi connectivity index (χ1v) is 6.19. The lowest BCUT2D eigenvalue weighted by Gasteiger charge is -2.02. The molecule has 0 saturated heterocycles. The topological polar surface area (TPSA) is 62.8 Å². The lowest BCUT2D eigenvalue weighted by atomic mass is 10.1. The molecule has 1 aromatic heterocycles. The maximum absolute atomic E-state index is 9.95. The molecule has 3 rings (SSSR count). The average Bonchev–Trinajstić information content (AvgIpc) is 2.75. The minimum Gasteiger partial charge on any atom is -0.508 e. The van der Waals surface area contributed by atoms with Crippen LogP contribution in [-0.2, 0) is 0 Å². The van der Waals surface area contributed by atoms with Crippen molar-refractivity contribution in [3.63, 3.8) is 0 Å². The summed E-state index contributed by atoms with van der Waals surface area (Å²) in [7, 11) is 1.60. The van der Waals surface area contributed by atoms with Gasteiger partial charge in [0, 0.05) is 23.1 Å². The van der Waals surface area contributed by atoms with E-state index in [1.807, 2.05) is 25.1 Å². The molecular formula is C16H14O4. The molecule has 1 heterocycles. The number of phenolic OH excluding ortho intramolecular Hbond substituents is 2. The monoisotopic (exact) mass is 270 g/mol. The largest absolute Gasteiger partial charge is 0.508 e. The van der Waals surface area contributed by atoms with Crippen LogP contribution in [0.15, 0.2) is 40.8 Å². The predicted molar refractivity (Wildman–Crippen MR) is 76.3 cm³/mol. The molecule has 4 nitrogen and oxygen atoms in total. The molecule has 0 bridgehead atoms. The minimum absolute atomic E-state index is 0.0147. The summed E-state index contributed by atoms with van der Waals surface area (Å²) in [5.41, 5.74) is 2.18. The summed E-state index contributed by atoms with van der Waals surface area (Å²) < 4.78 is 11.0. The predicted octanol–water partition coefficient (Wildman–Crippen LogP) is 3.83. The van der Waals surface area contributed by atoms with E-state index in [4.69, 9.17) is 9.15 Å². The van der Waals surface area contributed by atoms with Gasteiger partial charge in [0.05, 0.1) is 12.7 Å². The second kappa shape index (κ2) is 4.49. The zero-order valence-corrected chi connectivity index (χ0v) is 11.2. The molecule has 0 spiro atoms. The van der Waals surface area contributed by atoms with Crippen molar-refractivity contribution in [1.82, 2.24) is 0 Å². The van der Waals surface area contributed by atoms with Crippen LogP contribution in [0, 0.1) is 6.92 Å². The van der Waals surface area contributed by atoms with Gasteiger partial charge in [-0.1, -0.05) is 0 Å². The Morgan fingerprint density at radius 2 is 1.85 bits per heavy atom. The number of rotatable bonds is 2. The van der Waals surface area contributed by atoms with E-state index in [-0.39, 0.29) is 11.5 Å². The van der Waals surface area contributed by atoms with Crippen LogP contribution in [0.2, 0.25) is 0 Å². The van der Waals surface area contributed by atoms with Crippen LogP contribution in [0.4, 0.5) is 0 Å². The normalized spacial score (nSPS) is 10.9. The number of methoxy groups -OCH3 is 1. The molecule has 3 aromatic rings. The van der Waals surface area contributed by atoms with Gasteiger partial charge < -0.3 is 19.4 Å². The molecular weight excluding hydrogens is 256 g/mol. The van der Waals surface area contributed by atoms with Gasteiger partial charge in [0.15, 0.2) is 0 Å². The Balaban J connectivity index is 2.23. The lowest BCUT2D eigenvalue weighted by molar-refractivity contribution is 0.414. The Bertz CT molecular complexity index is 787. The van der Waals surface area contributed by atoms with Crippen LogP contribution in [0.25, 0.3) is 22.3 Å². The fourth-order valence-electron chi connectivity index (χ4n) is 2.30. The standard InChI is InChI=1S/C16H14O4/c1-9-12-6-4-11(19-2)8-15(12)20-16(9)13-5-3-10(17)7-14(13)18/h3-8,17-18H,1-2H3. The molecule has 0 amide bonds. The van der Waals surface area contributed by atoms with Gasteiger partial charge in [-0.2, -0.15) is 0 Å². The van der Waals surface area contributed by atoms with Crippen LogP contribution in [0.1, 0.15) is 5.56 Å². The van der Waals surface area contributed by atoms with Crippen molar-refractivity contribution >= 4 is 11.0 Å². The van der Waals surface area contributed by atoms with Crippen LogP contribution >= 0.6 is 0 Å². The van der Waals surface area contributed by atoms with E-state index in [2.05, 4.69) is 0 Å². The van der Waals surface area contributed by atoms with Crippen molar-refractivity contribution in [3.8, 4) is 28.6 Å². The molecule has 20 heavy (non-hydrogen) atoms. The summed E-state index contributed by atoms with van der Waals surface area (Å²) in [5, 5.41) is 20.3. The third-order valence-electron chi connectivity index (χ3n) is 3.37. The van der Waals surface area contributed by atoms with Crippen LogP contribution in [0.3, 0.4) is 0 Å². The lowest BCUT2D eigenvalue weighted by Crippen LogP contribution is -1.81. The number of hydrogen-bond donors (Lipinski definition) is 2. The maximum Gasteiger partial charge on any atom is 0.142 e. The van der Waals surface area contributed by atoms with Crippen LogP contribution in [-0.4, -0.2) is 17.3 Å². The molecule has 0 aliphatic rings. The van der Waals surface area contributed by atoms with Crippen LogP contribution in [0.5, 0.6) is 17.2 Å². The second-order valence-corrected chi connectivity index (χ2v) is 4.62. The Labute approximate surface area is 115 Å². The third-order valence-corrected chi connectivity index (χ3v) is 3.37. The van der Waals surface area contributed by atoms with Crippen molar-refractivity contribution in [2.75, 3.05) is 7.11 Å². The first-order chi connectivity index (χ1) is 9.60. The van der Waals surface area contributed by atoms with Gasteiger partial charge in [-0.15, -0.1) is 0 Å². The van der Waals surface area contributed by atoms with Crippen molar-refractivity contribution < 1.29 is 19.4 Å². The summed E-state index contributed by atoms with van der Waals surface area (Å²) in [4.78, 5) is 0. The Hall–Kier alpha value is -2.62. The molecule has 2 N–H and O–H groups in total. The molecule has 0 radical (unpaired) electrons. The molecule has 0 aliphatic heterocycles. The van der Waals surface area contributed by atoms with Crippen molar-refractivity contribution in [1.29, 1.82) is 0 Å². The molecule has 0 aliphatic carbocycles. The van der Waals surface area contributed by atoms with E-state index in [1.54, 1.807) is 13.2 Å². The SMILES string of the molecule is COc1ccc2c(C)c(-c3ccc(O)cc3O)oc2c1. The van der Waals surface area contributed by atoms with Gasteiger partial charge in [0.25, 0.3) is 0 Å². The summed E-state index contributed by atoms with van der Waals surface area (Å²) in [6.07, 6.45) is 0. The number of aryl methyl sites for hydroxylation is 1. The Morgan fingerprint density at radius 1 is 1.05 bits per heavy atom. The van der Waals surface area contributed by atoms with E-state index in [9.17, 15) is 10.2 Å². The zero-order valence-electron chi connectivity index (χ0n) is 11.2. The summed E-state index contributed by atoms with van der Waals surface area (Å²) in [6, 6.07) is 10.0. The number of furan rings is 1. The summed E-state index contributed by atoms with van der Waals surface area (Å²) >= 11 is 0. The maximum atomic E-state index is 9.95. The van der Waals surface area contributed by atoms with Crippen LogP contribution < -0.4 is 4.74 Å². The quantitative estimate of drug-likeness (QED) is 0.743. The highest BCUT2D eigenvalue weighted by Gasteiger charge is 2.16. The molecule has 0 atom stereocenters. The average molecular weight is 270 g/mol. The van der Waals surface area contributed by atoms with E-state index in [1.165, 1.54) is 12.1 Å². The molecule has 4 heteroatoms. The van der Waals surface area contributed by atoms with Gasteiger partial charge in [-0.3, -0.25) is 0 Å². The summed E-state index contributed by atoms with van der Waals surface area (Å²) in [5.74, 6) is 1.30. The molecule has 0 saturated carbocycles. The van der Waals surface area contributed by atoms with Crippen molar-refractivity contribution in [2.45, 2.75) is 6.92 Å². The molecule has 0 fully saturated rings. The zero-order chi connectivity index (χ0) is 14.3. The van der Waals surface area contributed by atoms with E-state index < -0.39 is 0 Å². The van der Waals surface area contributed by atoms with E-state index >= 15 is 0 Å². The van der Waals surface area contributed by atoms with Gasteiger partial charge >= 0.3 is 0 Å². The van der Waals surface area contributed by atoms with Crippen molar-refractivity contribution in [2.24, 2.45) is 0 Å². The first-order valence-electron chi connectivity index (χ1n) is 6.19. The highest BCUT2D eigenvalue weighted by atomic mass is 16.5. The number of ether oxygens (including phenoxy) is 1.